The maximum Gasteiger partial charge on any atom is 0.222 e. The minimum absolute atomic E-state index is 0.0758. The summed E-state index contributed by atoms with van der Waals surface area (Å²) < 4.78 is 0.781. The molecule has 94 valence electrons. The highest BCUT2D eigenvalue weighted by molar-refractivity contribution is 9.10. The average molecular weight is 308 g/mol. The summed E-state index contributed by atoms with van der Waals surface area (Å²) in [5, 5.41) is 8.88. The number of amides is 1. The molecule has 18 heavy (non-hydrogen) atoms. The molecule has 0 spiro atoms. The average Bonchev–Trinajstić information content (AvgIpc) is 2.38. The number of rotatable bonds is 2. The predicted molar refractivity (Wildman–Crippen MR) is 73.0 cm³/mol. The van der Waals surface area contributed by atoms with E-state index in [-0.39, 0.29) is 11.8 Å². The number of benzene rings is 1. The Morgan fingerprint density at radius 3 is 2.94 bits per heavy atom. The summed E-state index contributed by atoms with van der Waals surface area (Å²) in [6, 6.07) is 7.73. The van der Waals surface area contributed by atoms with Gasteiger partial charge >= 0.3 is 0 Å². The summed E-state index contributed by atoms with van der Waals surface area (Å²) in [7, 11) is 0. The Morgan fingerprint density at radius 1 is 1.56 bits per heavy atom. The first-order valence-corrected chi connectivity index (χ1v) is 6.65. The van der Waals surface area contributed by atoms with Crippen LogP contribution in [0, 0.1) is 17.2 Å². The van der Waals surface area contributed by atoms with Crippen molar-refractivity contribution in [3.63, 3.8) is 0 Å². The van der Waals surface area contributed by atoms with Gasteiger partial charge < -0.3 is 10.6 Å². The van der Waals surface area contributed by atoms with Gasteiger partial charge in [-0.1, -0.05) is 0 Å². The molecule has 5 heteroatoms. The molecule has 1 atom stereocenters. The van der Waals surface area contributed by atoms with Crippen molar-refractivity contribution in [2.24, 2.45) is 11.7 Å². The molecule has 0 aliphatic carbocycles. The second-order valence-electron chi connectivity index (χ2n) is 4.46. The number of anilines is 1. The lowest BCUT2D eigenvalue weighted by molar-refractivity contribution is -0.122. The molecule has 0 aromatic heterocycles. The first-order chi connectivity index (χ1) is 8.61. The number of nitrogens with zero attached hydrogens (tertiary/aromatic N) is 2. The number of piperidine rings is 1. The van der Waals surface area contributed by atoms with Gasteiger partial charge in [0.25, 0.3) is 0 Å². The van der Waals surface area contributed by atoms with Crippen molar-refractivity contribution in [1.82, 2.24) is 0 Å². The van der Waals surface area contributed by atoms with Crippen LogP contribution < -0.4 is 10.6 Å². The molecule has 2 rings (SSSR count). The van der Waals surface area contributed by atoms with Gasteiger partial charge in [-0.3, -0.25) is 4.79 Å². The van der Waals surface area contributed by atoms with E-state index in [2.05, 4.69) is 26.9 Å². The van der Waals surface area contributed by atoms with Crippen molar-refractivity contribution in [2.75, 3.05) is 18.0 Å². The number of hydrogen-bond donors (Lipinski definition) is 1. The number of nitrogens with two attached hydrogens (primary N) is 1. The maximum absolute atomic E-state index is 11.2. The van der Waals surface area contributed by atoms with Crippen molar-refractivity contribution in [1.29, 1.82) is 5.26 Å². The molecule has 1 heterocycles. The summed E-state index contributed by atoms with van der Waals surface area (Å²) in [6.07, 6.45) is 1.83. The standard InChI is InChI=1S/C13H14BrN3O/c14-12-6-11(4-3-9(12)7-15)17-5-1-2-10(8-17)13(16)18/h3-4,6,10H,1-2,5,8H2,(H2,16,18). The van der Waals surface area contributed by atoms with E-state index in [9.17, 15) is 4.79 Å². The third kappa shape index (κ3) is 2.65. The number of carbonyl (C=O) groups is 1. The first kappa shape index (κ1) is 12.9. The van der Waals surface area contributed by atoms with E-state index in [0.29, 0.717) is 12.1 Å². The van der Waals surface area contributed by atoms with Crippen LogP contribution >= 0.6 is 15.9 Å². The van der Waals surface area contributed by atoms with Gasteiger partial charge in [0.05, 0.1) is 11.5 Å². The summed E-state index contributed by atoms with van der Waals surface area (Å²) in [6.45, 7) is 1.58. The van der Waals surface area contributed by atoms with Crippen molar-refractivity contribution < 1.29 is 4.79 Å². The highest BCUT2D eigenvalue weighted by Gasteiger charge is 2.24. The fraction of sp³-hybridized carbons (Fsp3) is 0.385. The molecule has 1 fully saturated rings. The summed E-state index contributed by atoms with van der Waals surface area (Å²) in [5.41, 5.74) is 7.00. The first-order valence-electron chi connectivity index (χ1n) is 5.85. The zero-order valence-corrected chi connectivity index (χ0v) is 11.5. The molecule has 1 aliphatic rings. The van der Waals surface area contributed by atoms with Crippen LogP contribution in [-0.2, 0) is 4.79 Å². The van der Waals surface area contributed by atoms with Crippen LogP contribution in [0.3, 0.4) is 0 Å². The third-order valence-corrected chi connectivity index (χ3v) is 3.92. The van der Waals surface area contributed by atoms with Crippen molar-refractivity contribution in [3.8, 4) is 6.07 Å². The maximum atomic E-state index is 11.2. The van der Waals surface area contributed by atoms with Gasteiger partial charge in [0.1, 0.15) is 6.07 Å². The smallest absolute Gasteiger partial charge is 0.222 e. The van der Waals surface area contributed by atoms with Crippen molar-refractivity contribution in [3.05, 3.63) is 28.2 Å². The SMILES string of the molecule is N#Cc1ccc(N2CCCC(C(N)=O)C2)cc1Br. The number of nitriles is 1. The summed E-state index contributed by atoms with van der Waals surface area (Å²) >= 11 is 3.38. The number of halogens is 1. The van der Waals surface area contributed by atoms with Gasteiger partial charge in [0.15, 0.2) is 0 Å². The molecule has 1 unspecified atom stereocenters. The lowest BCUT2D eigenvalue weighted by atomic mass is 9.97. The lowest BCUT2D eigenvalue weighted by Gasteiger charge is -2.33. The second-order valence-corrected chi connectivity index (χ2v) is 5.32. The normalized spacial score (nSPS) is 19.3. The van der Waals surface area contributed by atoms with Crippen LogP contribution in [0.1, 0.15) is 18.4 Å². The minimum atomic E-state index is -0.229. The molecule has 4 nitrogen and oxygen atoms in total. The Bertz CT molecular complexity index is 509. The Hall–Kier alpha value is -1.54. The van der Waals surface area contributed by atoms with Crippen LogP contribution in [0.25, 0.3) is 0 Å². The van der Waals surface area contributed by atoms with Gasteiger partial charge in [0, 0.05) is 23.2 Å². The number of hydrogen-bond acceptors (Lipinski definition) is 3. The van der Waals surface area contributed by atoms with Crippen LogP contribution in [0.2, 0.25) is 0 Å². The van der Waals surface area contributed by atoms with E-state index in [1.165, 1.54) is 0 Å². The molecule has 1 saturated heterocycles. The Labute approximate surface area is 115 Å². The Balaban J connectivity index is 2.19. The molecule has 1 aromatic carbocycles. The van der Waals surface area contributed by atoms with Crippen LogP contribution in [0.15, 0.2) is 22.7 Å². The fourth-order valence-electron chi connectivity index (χ4n) is 2.24. The van der Waals surface area contributed by atoms with E-state index >= 15 is 0 Å². The Morgan fingerprint density at radius 2 is 2.33 bits per heavy atom. The molecule has 0 saturated carbocycles. The molecular weight excluding hydrogens is 294 g/mol. The minimum Gasteiger partial charge on any atom is -0.371 e. The van der Waals surface area contributed by atoms with Crippen LogP contribution in [0.5, 0.6) is 0 Å². The van der Waals surface area contributed by atoms with Gasteiger partial charge in [-0.15, -0.1) is 0 Å². The fourth-order valence-corrected chi connectivity index (χ4v) is 2.69. The highest BCUT2D eigenvalue weighted by Crippen LogP contribution is 2.27. The largest absolute Gasteiger partial charge is 0.371 e. The zero-order valence-electron chi connectivity index (χ0n) is 9.90. The van der Waals surface area contributed by atoms with Gasteiger partial charge in [-0.2, -0.15) is 5.26 Å². The number of primary amides is 1. The lowest BCUT2D eigenvalue weighted by Crippen LogP contribution is -2.41. The molecule has 2 N–H and O–H groups in total. The second kappa shape index (κ2) is 5.40. The predicted octanol–water partition coefficient (Wildman–Crippen LogP) is 2.02. The molecule has 1 aliphatic heterocycles. The monoisotopic (exact) mass is 307 g/mol. The summed E-state index contributed by atoms with van der Waals surface area (Å²) in [5.74, 6) is -0.305. The van der Waals surface area contributed by atoms with Crippen molar-refractivity contribution >= 4 is 27.5 Å². The summed E-state index contributed by atoms with van der Waals surface area (Å²) in [4.78, 5) is 13.4. The van der Waals surface area contributed by atoms with Crippen LogP contribution in [-0.4, -0.2) is 19.0 Å². The molecule has 1 aromatic rings. The molecular formula is C13H14BrN3O. The van der Waals surface area contributed by atoms with E-state index in [4.69, 9.17) is 11.0 Å². The van der Waals surface area contributed by atoms with E-state index in [1.54, 1.807) is 6.07 Å². The van der Waals surface area contributed by atoms with Crippen LogP contribution in [0.4, 0.5) is 5.69 Å². The number of carbonyl (C=O) groups excluding carboxylic acids is 1. The molecule has 0 radical (unpaired) electrons. The zero-order chi connectivity index (χ0) is 13.1. The molecule has 0 bridgehead atoms. The van der Waals surface area contributed by atoms with E-state index in [0.717, 1.165) is 29.5 Å². The highest BCUT2D eigenvalue weighted by atomic mass is 79.9. The third-order valence-electron chi connectivity index (χ3n) is 3.26. The molecule has 1 amide bonds. The van der Waals surface area contributed by atoms with E-state index < -0.39 is 0 Å². The van der Waals surface area contributed by atoms with Gasteiger partial charge in [0.2, 0.25) is 5.91 Å². The van der Waals surface area contributed by atoms with Crippen molar-refractivity contribution in [2.45, 2.75) is 12.8 Å². The van der Waals surface area contributed by atoms with Gasteiger partial charge in [-0.25, -0.2) is 0 Å². The Kier molecular flexibility index (Phi) is 3.87. The van der Waals surface area contributed by atoms with Gasteiger partial charge in [-0.05, 0) is 47.0 Å². The topological polar surface area (TPSA) is 70.1 Å². The quantitative estimate of drug-likeness (QED) is 0.908. The van der Waals surface area contributed by atoms with E-state index in [1.807, 2.05) is 12.1 Å².